The summed E-state index contributed by atoms with van der Waals surface area (Å²) in [7, 11) is 0.784. The van der Waals surface area contributed by atoms with E-state index < -0.39 is 41.2 Å². The van der Waals surface area contributed by atoms with Crippen LogP contribution in [0, 0.1) is 0 Å². The predicted molar refractivity (Wildman–Crippen MR) is 52.0 cm³/mol. The standard InChI is InChI=1S/C9H6ClF6NO2/c1-18-7-5(19-9(14,15)16)3-17-4(2-10)6(7)8(11,12)13/h3H,2H2,1H3. The van der Waals surface area contributed by atoms with Gasteiger partial charge in [-0.2, -0.15) is 13.2 Å². The summed E-state index contributed by atoms with van der Waals surface area (Å²) in [6.07, 6.45) is -9.67. The number of ether oxygens (including phenoxy) is 2. The van der Waals surface area contributed by atoms with Crippen molar-refractivity contribution in [3.05, 3.63) is 17.5 Å². The molecular weight excluding hydrogens is 304 g/mol. The molecule has 0 aromatic carbocycles. The minimum absolute atomic E-state index is 0.472. The average molecular weight is 310 g/mol. The monoisotopic (exact) mass is 309 g/mol. The second kappa shape index (κ2) is 5.32. The Kier molecular flexibility index (Phi) is 4.39. The normalized spacial score (nSPS) is 12.4. The van der Waals surface area contributed by atoms with Gasteiger partial charge in [-0.05, 0) is 0 Å². The summed E-state index contributed by atoms with van der Waals surface area (Å²) in [5.41, 5.74) is -2.15. The van der Waals surface area contributed by atoms with Crippen molar-refractivity contribution in [3.8, 4) is 11.5 Å². The molecule has 0 N–H and O–H groups in total. The molecule has 3 nitrogen and oxygen atoms in total. The zero-order valence-electron chi connectivity index (χ0n) is 9.19. The molecule has 19 heavy (non-hydrogen) atoms. The third kappa shape index (κ3) is 3.79. The first kappa shape index (κ1) is 15.7. The number of nitrogens with zero attached hydrogens (tertiary/aromatic N) is 1. The lowest BCUT2D eigenvalue weighted by Gasteiger charge is -2.18. The number of hydrogen-bond acceptors (Lipinski definition) is 3. The Balaban J connectivity index is 3.45. The third-order valence-corrected chi connectivity index (χ3v) is 2.17. The summed E-state index contributed by atoms with van der Waals surface area (Å²) in [5.74, 6) is -2.94. The van der Waals surface area contributed by atoms with Crippen LogP contribution in [0.25, 0.3) is 0 Å². The van der Waals surface area contributed by atoms with Crippen LogP contribution in [0.3, 0.4) is 0 Å². The molecule has 1 rings (SSSR count). The van der Waals surface area contributed by atoms with Gasteiger partial charge in [-0.15, -0.1) is 24.8 Å². The van der Waals surface area contributed by atoms with E-state index in [9.17, 15) is 26.3 Å². The maximum absolute atomic E-state index is 12.8. The van der Waals surface area contributed by atoms with Crippen LogP contribution in [0.2, 0.25) is 0 Å². The molecule has 1 heterocycles. The second-order valence-corrected chi connectivity index (χ2v) is 3.42. The van der Waals surface area contributed by atoms with Gasteiger partial charge >= 0.3 is 12.5 Å². The Hall–Kier alpha value is -1.38. The highest BCUT2D eigenvalue weighted by Gasteiger charge is 2.41. The van der Waals surface area contributed by atoms with Gasteiger partial charge in [0.05, 0.1) is 24.9 Å². The summed E-state index contributed by atoms with van der Waals surface area (Å²) in [6, 6.07) is 0. The zero-order chi connectivity index (χ0) is 14.8. The van der Waals surface area contributed by atoms with Gasteiger partial charge in [-0.3, -0.25) is 4.98 Å². The van der Waals surface area contributed by atoms with Crippen LogP contribution in [0.1, 0.15) is 11.3 Å². The van der Waals surface area contributed by atoms with Crippen molar-refractivity contribution in [2.45, 2.75) is 18.4 Å². The molecular formula is C9H6ClF6NO2. The fourth-order valence-electron chi connectivity index (χ4n) is 1.31. The Morgan fingerprint density at radius 2 is 1.79 bits per heavy atom. The quantitative estimate of drug-likeness (QED) is 0.629. The summed E-state index contributed by atoms with van der Waals surface area (Å²) in [6.45, 7) is 0. The minimum Gasteiger partial charge on any atom is -0.492 e. The van der Waals surface area contributed by atoms with E-state index in [-0.39, 0.29) is 0 Å². The topological polar surface area (TPSA) is 31.4 Å². The number of aromatic nitrogens is 1. The van der Waals surface area contributed by atoms with Gasteiger partial charge in [0.1, 0.15) is 5.56 Å². The van der Waals surface area contributed by atoms with E-state index >= 15 is 0 Å². The highest BCUT2D eigenvalue weighted by Crippen LogP contribution is 2.44. The van der Waals surface area contributed by atoms with Crippen LogP contribution in [-0.4, -0.2) is 18.5 Å². The molecule has 0 unspecified atom stereocenters. The number of hydrogen-bond donors (Lipinski definition) is 0. The van der Waals surface area contributed by atoms with Crippen LogP contribution >= 0.6 is 11.6 Å². The van der Waals surface area contributed by atoms with Gasteiger partial charge in [-0.25, -0.2) is 0 Å². The van der Waals surface area contributed by atoms with Gasteiger partial charge in [0, 0.05) is 0 Å². The Morgan fingerprint density at radius 3 is 2.16 bits per heavy atom. The average Bonchev–Trinajstić information content (AvgIpc) is 2.25. The number of methoxy groups -OCH3 is 1. The van der Waals surface area contributed by atoms with Crippen LogP contribution in [0.15, 0.2) is 6.20 Å². The largest absolute Gasteiger partial charge is 0.573 e. The van der Waals surface area contributed by atoms with E-state index in [0.29, 0.717) is 6.20 Å². The lowest BCUT2D eigenvalue weighted by Crippen LogP contribution is -2.20. The van der Waals surface area contributed by atoms with E-state index in [2.05, 4.69) is 14.5 Å². The molecule has 0 atom stereocenters. The lowest BCUT2D eigenvalue weighted by molar-refractivity contribution is -0.275. The summed E-state index contributed by atoms with van der Waals surface area (Å²) >= 11 is 5.27. The van der Waals surface area contributed by atoms with Crippen molar-refractivity contribution in [2.24, 2.45) is 0 Å². The lowest BCUT2D eigenvalue weighted by atomic mass is 10.1. The maximum atomic E-state index is 12.8. The maximum Gasteiger partial charge on any atom is 0.573 e. The number of pyridine rings is 1. The van der Waals surface area contributed by atoms with Crippen molar-refractivity contribution in [1.82, 2.24) is 4.98 Å². The van der Waals surface area contributed by atoms with Gasteiger partial charge < -0.3 is 9.47 Å². The van der Waals surface area contributed by atoms with Crippen molar-refractivity contribution >= 4 is 11.6 Å². The van der Waals surface area contributed by atoms with E-state index in [1.54, 1.807) is 0 Å². The highest BCUT2D eigenvalue weighted by atomic mass is 35.5. The van der Waals surface area contributed by atoms with Gasteiger partial charge in [0.2, 0.25) is 0 Å². The molecule has 1 aromatic heterocycles. The van der Waals surface area contributed by atoms with Crippen LogP contribution in [-0.2, 0) is 12.1 Å². The fraction of sp³-hybridized carbons (Fsp3) is 0.444. The smallest absolute Gasteiger partial charge is 0.492 e. The molecule has 1 aromatic rings. The molecule has 0 radical (unpaired) electrons. The number of alkyl halides is 7. The summed E-state index contributed by atoms with van der Waals surface area (Å²) < 4.78 is 82.3. The fourth-order valence-corrected chi connectivity index (χ4v) is 1.51. The molecule has 0 fully saturated rings. The minimum atomic E-state index is -5.17. The third-order valence-electron chi connectivity index (χ3n) is 1.92. The Labute approximate surface area is 108 Å². The van der Waals surface area contributed by atoms with Crippen molar-refractivity contribution in [1.29, 1.82) is 0 Å². The molecule has 0 aliphatic rings. The van der Waals surface area contributed by atoms with Crippen LogP contribution < -0.4 is 9.47 Å². The molecule has 0 saturated heterocycles. The summed E-state index contributed by atoms with van der Waals surface area (Å²) in [4.78, 5) is 3.20. The zero-order valence-corrected chi connectivity index (χ0v) is 9.95. The first-order valence-corrected chi connectivity index (χ1v) is 5.08. The number of halogens is 7. The Bertz CT molecular complexity index is 459. The molecule has 108 valence electrons. The molecule has 0 bridgehead atoms. The van der Waals surface area contributed by atoms with Crippen LogP contribution in [0.5, 0.6) is 11.5 Å². The molecule has 0 amide bonds. The molecule has 0 saturated carbocycles. The van der Waals surface area contributed by atoms with E-state index in [4.69, 9.17) is 11.6 Å². The van der Waals surface area contributed by atoms with Crippen molar-refractivity contribution in [2.75, 3.05) is 7.11 Å². The molecule has 0 aliphatic carbocycles. The molecule has 0 aliphatic heterocycles. The second-order valence-electron chi connectivity index (χ2n) is 3.16. The van der Waals surface area contributed by atoms with E-state index in [0.717, 1.165) is 7.11 Å². The molecule has 10 heteroatoms. The number of rotatable bonds is 3. The first-order chi connectivity index (χ1) is 8.60. The summed E-state index contributed by atoms with van der Waals surface area (Å²) in [5, 5.41) is 0. The Morgan fingerprint density at radius 1 is 1.21 bits per heavy atom. The molecule has 0 spiro atoms. The van der Waals surface area contributed by atoms with E-state index in [1.165, 1.54) is 0 Å². The van der Waals surface area contributed by atoms with E-state index in [1.807, 2.05) is 0 Å². The van der Waals surface area contributed by atoms with Crippen molar-refractivity contribution in [3.63, 3.8) is 0 Å². The highest BCUT2D eigenvalue weighted by molar-refractivity contribution is 6.17. The van der Waals surface area contributed by atoms with Gasteiger partial charge in [0.15, 0.2) is 11.5 Å². The SMILES string of the molecule is COc1c(OC(F)(F)F)cnc(CCl)c1C(F)(F)F. The predicted octanol–water partition coefficient (Wildman–Crippen LogP) is 3.75. The van der Waals surface area contributed by atoms with Crippen LogP contribution in [0.4, 0.5) is 26.3 Å². The van der Waals surface area contributed by atoms with Gasteiger partial charge in [0.25, 0.3) is 0 Å². The first-order valence-electron chi connectivity index (χ1n) is 4.55. The van der Waals surface area contributed by atoms with Crippen molar-refractivity contribution < 1.29 is 35.8 Å². The van der Waals surface area contributed by atoms with Gasteiger partial charge in [-0.1, -0.05) is 0 Å².